The molecule has 1 aliphatic rings. The van der Waals surface area contributed by atoms with Crippen LogP contribution in [0.4, 0.5) is 20.2 Å². The fraction of sp³-hybridized carbons (Fsp3) is 0.429. The van der Waals surface area contributed by atoms with Crippen molar-refractivity contribution < 1.29 is 26.7 Å². The SMILES string of the molecule is CCN(c1ccc(OC)c(N2CCN(C)CC2)c1)S(=O)(=O)c1cccc(OC(F)F)c1.Cl. The largest absolute Gasteiger partial charge is 0.495 e. The molecule has 1 heterocycles. The lowest BCUT2D eigenvalue weighted by molar-refractivity contribution is -0.0499. The van der Waals surface area contributed by atoms with E-state index >= 15 is 0 Å². The van der Waals surface area contributed by atoms with E-state index in [1.54, 1.807) is 32.2 Å². The minimum atomic E-state index is -4.00. The fourth-order valence-corrected chi connectivity index (χ4v) is 5.06. The van der Waals surface area contributed by atoms with Crippen molar-refractivity contribution in [2.75, 3.05) is 56.1 Å². The van der Waals surface area contributed by atoms with Gasteiger partial charge in [-0.05, 0) is 44.3 Å². The molecule has 0 atom stereocenters. The zero-order valence-corrected chi connectivity index (χ0v) is 19.8. The van der Waals surface area contributed by atoms with Crippen molar-refractivity contribution in [1.82, 2.24) is 4.90 Å². The molecule has 1 saturated heterocycles. The van der Waals surface area contributed by atoms with Gasteiger partial charge in [-0.3, -0.25) is 4.31 Å². The van der Waals surface area contributed by atoms with Gasteiger partial charge in [-0.2, -0.15) is 8.78 Å². The number of likely N-dealkylation sites (N-methyl/N-ethyl adjacent to an activating group) is 1. The molecule has 1 aliphatic heterocycles. The van der Waals surface area contributed by atoms with Gasteiger partial charge < -0.3 is 19.3 Å². The molecule has 0 bridgehead atoms. The Balaban J connectivity index is 0.00000363. The quantitative estimate of drug-likeness (QED) is 0.561. The summed E-state index contributed by atoms with van der Waals surface area (Å²) in [5, 5.41) is 0. The summed E-state index contributed by atoms with van der Waals surface area (Å²) in [5.41, 5.74) is 1.29. The van der Waals surface area contributed by atoms with Crippen LogP contribution in [0.5, 0.6) is 11.5 Å². The fourth-order valence-electron chi connectivity index (χ4n) is 3.56. The second-order valence-corrected chi connectivity index (χ2v) is 9.03. The van der Waals surface area contributed by atoms with Gasteiger partial charge in [0, 0.05) is 38.8 Å². The summed E-state index contributed by atoms with van der Waals surface area (Å²) in [7, 11) is -0.359. The van der Waals surface area contributed by atoms with Gasteiger partial charge in [-0.25, -0.2) is 8.42 Å². The Hall–Kier alpha value is -2.30. The van der Waals surface area contributed by atoms with E-state index < -0.39 is 16.6 Å². The molecule has 0 N–H and O–H groups in total. The van der Waals surface area contributed by atoms with Gasteiger partial charge in [0.2, 0.25) is 0 Å². The van der Waals surface area contributed by atoms with E-state index in [4.69, 9.17) is 4.74 Å². The summed E-state index contributed by atoms with van der Waals surface area (Å²) in [5.74, 6) is 0.453. The van der Waals surface area contributed by atoms with Crippen molar-refractivity contribution in [3.63, 3.8) is 0 Å². The Morgan fingerprint density at radius 3 is 2.38 bits per heavy atom. The number of anilines is 2. The standard InChI is InChI=1S/C21H27F2N3O4S.ClH/c1-4-26(31(27,28)18-7-5-6-17(15-18)30-21(22)23)16-8-9-20(29-3)19(14-16)25-12-10-24(2)11-13-25;/h5-9,14-15,21H,4,10-13H2,1-3H3;1H. The van der Waals surface area contributed by atoms with Crippen LogP contribution in [0, 0.1) is 0 Å². The minimum Gasteiger partial charge on any atom is -0.495 e. The number of halogens is 3. The number of rotatable bonds is 8. The zero-order valence-electron chi connectivity index (χ0n) is 18.2. The van der Waals surface area contributed by atoms with Gasteiger partial charge in [-0.15, -0.1) is 12.4 Å². The predicted octanol–water partition coefficient (Wildman–Crippen LogP) is 3.69. The summed E-state index contributed by atoms with van der Waals surface area (Å²) in [6.45, 7) is 2.21. The third-order valence-corrected chi connectivity index (χ3v) is 7.10. The topological polar surface area (TPSA) is 62.3 Å². The summed E-state index contributed by atoms with van der Waals surface area (Å²) < 4.78 is 62.9. The van der Waals surface area contributed by atoms with E-state index in [1.807, 2.05) is 0 Å². The van der Waals surface area contributed by atoms with Crippen molar-refractivity contribution in [3.05, 3.63) is 42.5 Å². The molecule has 0 aliphatic carbocycles. The lowest BCUT2D eigenvalue weighted by atomic mass is 10.2. The average Bonchev–Trinajstić information content (AvgIpc) is 2.74. The smallest absolute Gasteiger partial charge is 0.387 e. The average molecular weight is 492 g/mol. The van der Waals surface area contributed by atoms with Crippen LogP contribution in [-0.2, 0) is 10.0 Å². The molecule has 0 spiro atoms. The van der Waals surface area contributed by atoms with Crippen molar-refractivity contribution in [2.24, 2.45) is 0 Å². The lowest BCUT2D eigenvalue weighted by Crippen LogP contribution is -2.44. The molecule has 1 fully saturated rings. The monoisotopic (exact) mass is 491 g/mol. The predicted molar refractivity (Wildman–Crippen MR) is 123 cm³/mol. The first-order chi connectivity index (χ1) is 14.8. The van der Waals surface area contributed by atoms with Gasteiger partial charge in [-0.1, -0.05) is 6.07 Å². The highest BCUT2D eigenvalue weighted by Gasteiger charge is 2.26. The third kappa shape index (κ3) is 5.73. The molecule has 7 nitrogen and oxygen atoms in total. The number of benzene rings is 2. The van der Waals surface area contributed by atoms with Gasteiger partial charge >= 0.3 is 6.61 Å². The lowest BCUT2D eigenvalue weighted by Gasteiger charge is -2.35. The van der Waals surface area contributed by atoms with Gasteiger partial charge in [0.25, 0.3) is 10.0 Å². The molecule has 0 saturated carbocycles. The number of hydrogen-bond donors (Lipinski definition) is 0. The van der Waals surface area contributed by atoms with E-state index in [0.29, 0.717) is 11.4 Å². The second kappa shape index (κ2) is 11.0. The highest BCUT2D eigenvalue weighted by atomic mass is 35.5. The maximum absolute atomic E-state index is 13.3. The van der Waals surface area contributed by atoms with Crippen LogP contribution in [0.1, 0.15) is 6.92 Å². The first-order valence-electron chi connectivity index (χ1n) is 9.95. The molecule has 0 radical (unpaired) electrons. The van der Waals surface area contributed by atoms with E-state index in [0.717, 1.165) is 37.9 Å². The van der Waals surface area contributed by atoms with Crippen LogP contribution in [0.3, 0.4) is 0 Å². The molecule has 0 amide bonds. The number of methoxy groups -OCH3 is 1. The Bertz CT molecular complexity index is 1000. The number of ether oxygens (including phenoxy) is 2. The molecule has 2 aromatic carbocycles. The van der Waals surface area contributed by atoms with Crippen molar-refractivity contribution in [3.8, 4) is 11.5 Å². The Morgan fingerprint density at radius 2 is 1.78 bits per heavy atom. The maximum Gasteiger partial charge on any atom is 0.387 e. The van der Waals surface area contributed by atoms with E-state index in [2.05, 4.69) is 21.6 Å². The number of sulfonamides is 1. The molecule has 11 heteroatoms. The molecular formula is C21H28ClF2N3O4S. The van der Waals surface area contributed by atoms with Crippen molar-refractivity contribution in [1.29, 1.82) is 0 Å². The summed E-state index contributed by atoms with van der Waals surface area (Å²) in [6.07, 6.45) is 0. The first kappa shape index (κ1) is 26.0. The molecule has 32 heavy (non-hydrogen) atoms. The number of piperazine rings is 1. The summed E-state index contributed by atoms with van der Waals surface area (Å²) >= 11 is 0. The van der Waals surface area contributed by atoms with Crippen LogP contribution in [-0.4, -0.2) is 66.8 Å². The molecule has 0 unspecified atom stereocenters. The third-order valence-electron chi connectivity index (χ3n) is 5.20. The molecular weight excluding hydrogens is 464 g/mol. The Morgan fingerprint density at radius 1 is 1.09 bits per heavy atom. The van der Waals surface area contributed by atoms with Crippen LogP contribution in [0.2, 0.25) is 0 Å². The Kier molecular flexibility index (Phi) is 8.94. The highest BCUT2D eigenvalue weighted by Crippen LogP contribution is 2.35. The van der Waals surface area contributed by atoms with Crippen molar-refractivity contribution in [2.45, 2.75) is 18.4 Å². The number of alkyl halides is 2. The molecule has 178 valence electrons. The van der Waals surface area contributed by atoms with E-state index in [-0.39, 0.29) is 29.6 Å². The zero-order chi connectivity index (χ0) is 22.6. The normalized spacial score (nSPS) is 14.8. The van der Waals surface area contributed by atoms with Crippen LogP contribution in [0.25, 0.3) is 0 Å². The van der Waals surface area contributed by atoms with Crippen LogP contribution in [0.15, 0.2) is 47.4 Å². The summed E-state index contributed by atoms with van der Waals surface area (Å²) in [6, 6.07) is 10.4. The van der Waals surface area contributed by atoms with Gasteiger partial charge in [0.1, 0.15) is 11.5 Å². The second-order valence-electron chi connectivity index (χ2n) is 7.17. The number of hydrogen-bond acceptors (Lipinski definition) is 6. The van der Waals surface area contributed by atoms with E-state index in [9.17, 15) is 17.2 Å². The van der Waals surface area contributed by atoms with Crippen molar-refractivity contribution >= 4 is 33.8 Å². The van der Waals surface area contributed by atoms with E-state index in [1.165, 1.54) is 22.5 Å². The summed E-state index contributed by atoms with van der Waals surface area (Å²) in [4.78, 5) is 4.27. The van der Waals surface area contributed by atoms with Gasteiger partial charge in [0.05, 0.1) is 23.4 Å². The van der Waals surface area contributed by atoms with Gasteiger partial charge in [0.15, 0.2) is 0 Å². The molecule has 3 rings (SSSR count). The first-order valence-corrected chi connectivity index (χ1v) is 11.4. The van der Waals surface area contributed by atoms with Crippen LogP contribution >= 0.6 is 12.4 Å². The Labute approximate surface area is 194 Å². The maximum atomic E-state index is 13.3. The highest BCUT2D eigenvalue weighted by molar-refractivity contribution is 7.92. The minimum absolute atomic E-state index is 0. The molecule has 0 aromatic heterocycles. The van der Waals surface area contributed by atoms with Crippen LogP contribution < -0.4 is 18.7 Å². The number of nitrogens with zero attached hydrogens (tertiary/aromatic N) is 3. The molecule has 2 aromatic rings.